The molecule has 5 amide bonds. The molecule has 1 heterocycles. The Balaban J connectivity index is 1.57. The quantitative estimate of drug-likeness (QED) is 0.675. The second kappa shape index (κ2) is 7.77. The van der Waals surface area contributed by atoms with Gasteiger partial charge in [0.05, 0.1) is 6.54 Å². The van der Waals surface area contributed by atoms with Crippen molar-refractivity contribution in [2.45, 2.75) is 44.6 Å². The monoisotopic (exact) mass is 372 g/mol. The van der Waals surface area contributed by atoms with E-state index in [0.29, 0.717) is 10.6 Å². The lowest BCUT2D eigenvalue weighted by atomic mass is 9.89. The molecule has 1 saturated carbocycles. The van der Waals surface area contributed by atoms with E-state index in [9.17, 15) is 19.2 Å². The van der Waals surface area contributed by atoms with Crippen molar-refractivity contribution in [1.29, 1.82) is 0 Å². The Bertz CT molecular complexity index is 745. The number of rotatable bonds is 5. The minimum Gasteiger partial charge on any atom is -0.347 e. The maximum atomic E-state index is 12.7. The lowest BCUT2D eigenvalue weighted by Gasteiger charge is -2.22. The molecule has 1 aromatic carbocycles. The van der Waals surface area contributed by atoms with Crippen LogP contribution in [0.5, 0.6) is 0 Å². The molecular formula is C19H24N4O4. The number of carbonyl (C=O) groups excluding carboxylic acids is 4. The third-order valence-electron chi connectivity index (χ3n) is 5.18. The van der Waals surface area contributed by atoms with Crippen LogP contribution in [0.15, 0.2) is 30.3 Å². The maximum Gasteiger partial charge on any atom is 0.344 e. The summed E-state index contributed by atoms with van der Waals surface area (Å²) < 4.78 is 0. The number of hydrogen-bond acceptors (Lipinski definition) is 4. The molecule has 27 heavy (non-hydrogen) atoms. The SMILES string of the molecule is C[C@@]1(c2ccccc2)NC(=O)N(NC(=O)CNC(=O)C2CCCCC2)C1=O. The Morgan fingerprint density at radius 1 is 1.15 bits per heavy atom. The van der Waals surface area contributed by atoms with Crippen molar-refractivity contribution in [2.24, 2.45) is 5.92 Å². The molecule has 0 spiro atoms. The van der Waals surface area contributed by atoms with Gasteiger partial charge in [-0.1, -0.05) is 49.6 Å². The van der Waals surface area contributed by atoms with Crippen LogP contribution in [0.2, 0.25) is 0 Å². The lowest BCUT2D eigenvalue weighted by Crippen LogP contribution is -2.51. The highest BCUT2D eigenvalue weighted by Gasteiger charge is 2.49. The zero-order valence-electron chi connectivity index (χ0n) is 15.3. The Kier molecular flexibility index (Phi) is 5.43. The third-order valence-corrected chi connectivity index (χ3v) is 5.18. The molecule has 0 radical (unpaired) electrons. The van der Waals surface area contributed by atoms with Gasteiger partial charge in [-0.25, -0.2) is 4.79 Å². The summed E-state index contributed by atoms with van der Waals surface area (Å²) in [6.07, 6.45) is 4.83. The van der Waals surface area contributed by atoms with E-state index in [0.717, 1.165) is 32.1 Å². The highest BCUT2D eigenvalue weighted by atomic mass is 16.2. The topological polar surface area (TPSA) is 108 Å². The summed E-state index contributed by atoms with van der Waals surface area (Å²) in [5, 5.41) is 5.86. The number of hydrazine groups is 1. The number of hydrogen-bond donors (Lipinski definition) is 3. The number of carbonyl (C=O) groups is 4. The molecule has 3 N–H and O–H groups in total. The second-order valence-electron chi connectivity index (χ2n) is 7.15. The fourth-order valence-electron chi connectivity index (χ4n) is 3.55. The van der Waals surface area contributed by atoms with E-state index in [1.807, 2.05) is 6.07 Å². The first-order chi connectivity index (χ1) is 12.9. The predicted octanol–water partition coefficient (Wildman–Crippen LogP) is 1.18. The van der Waals surface area contributed by atoms with E-state index < -0.39 is 23.4 Å². The summed E-state index contributed by atoms with van der Waals surface area (Å²) >= 11 is 0. The average molecular weight is 372 g/mol. The van der Waals surface area contributed by atoms with Crippen LogP contribution < -0.4 is 16.1 Å². The Labute approximate surface area is 157 Å². The fraction of sp³-hybridized carbons (Fsp3) is 0.474. The van der Waals surface area contributed by atoms with Crippen LogP contribution >= 0.6 is 0 Å². The standard InChI is InChI=1S/C19H24N4O4/c1-19(14-10-6-3-7-11-14)17(26)23(18(27)21-19)22-15(24)12-20-16(25)13-8-4-2-5-9-13/h3,6-7,10-11,13H,2,4-5,8-9,12H2,1H3,(H,20,25)(H,21,27)(H,22,24)/t19-/m0/s1. The van der Waals surface area contributed by atoms with E-state index in [2.05, 4.69) is 16.1 Å². The number of nitrogens with zero attached hydrogens (tertiary/aromatic N) is 1. The molecule has 1 saturated heterocycles. The van der Waals surface area contributed by atoms with Gasteiger partial charge >= 0.3 is 6.03 Å². The zero-order valence-corrected chi connectivity index (χ0v) is 15.3. The van der Waals surface area contributed by atoms with Crippen molar-refractivity contribution >= 4 is 23.8 Å². The molecule has 0 unspecified atom stereocenters. The van der Waals surface area contributed by atoms with Crippen LogP contribution in [-0.4, -0.2) is 35.3 Å². The van der Waals surface area contributed by atoms with Crippen LogP contribution in [-0.2, 0) is 19.9 Å². The van der Waals surface area contributed by atoms with Crippen molar-refractivity contribution < 1.29 is 19.2 Å². The maximum absolute atomic E-state index is 12.7. The third kappa shape index (κ3) is 3.94. The van der Waals surface area contributed by atoms with Crippen LogP contribution in [0, 0.1) is 5.92 Å². The summed E-state index contributed by atoms with van der Waals surface area (Å²) in [6, 6.07) is 8.09. The normalized spacial score (nSPS) is 23.1. The van der Waals surface area contributed by atoms with E-state index in [1.165, 1.54) is 0 Å². The molecule has 8 nitrogen and oxygen atoms in total. The minimum atomic E-state index is -1.25. The van der Waals surface area contributed by atoms with Crippen molar-refractivity contribution in [2.75, 3.05) is 6.54 Å². The highest BCUT2D eigenvalue weighted by Crippen LogP contribution is 2.27. The summed E-state index contributed by atoms with van der Waals surface area (Å²) in [4.78, 5) is 49.1. The molecule has 1 aliphatic heterocycles. The molecule has 1 aromatic rings. The summed E-state index contributed by atoms with van der Waals surface area (Å²) in [6.45, 7) is 1.30. The van der Waals surface area contributed by atoms with Gasteiger partial charge in [0.2, 0.25) is 5.91 Å². The van der Waals surface area contributed by atoms with Gasteiger partial charge in [0.1, 0.15) is 5.54 Å². The van der Waals surface area contributed by atoms with Crippen molar-refractivity contribution in [1.82, 2.24) is 21.1 Å². The van der Waals surface area contributed by atoms with Crippen molar-refractivity contribution in [3.63, 3.8) is 0 Å². The lowest BCUT2D eigenvalue weighted by molar-refractivity contribution is -0.139. The van der Waals surface area contributed by atoms with E-state index in [1.54, 1.807) is 31.2 Å². The van der Waals surface area contributed by atoms with Crippen molar-refractivity contribution in [3.05, 3.63) is 35.9 Å². The molecule has 1 atom stereocenters. The summed E-state index contributed by atoms with van der Waals surface area (Å²) in [5.41, 5.74) is 1.64. The van der Waals surface area contributed by atoms with E-state index >= 15 is 0 Å². The number of nitrogens with one attached hydrogen (secondary N) is 3. The van der Waals surface area contributed by atoms with Gasteiger partial charge in [0, 0.05) is 5.92 Å². The number of imide groups is 1. The van der Waals surface area contributed by atoms with Crippen LogP contribution in [0.3, 0.4) is 0 Å². The Morgan fingerprint density at radius 3 is 2.48 bits per heavy atom. The largest absolute Gasteiger partial charge is 0.347 e. The molecule has 144 valence electrons. The van der Waals surface area contributed by atoms with Gasteiger partial charge in [-0.05, 0) is 25.3 Å². The average Bonchev–Trinajstić information content (AvgIpc) is 2.91. The second-order valence-corrected chi connectivity index (χ2v) is 7.15. The van der Waals surface area contributed by atoms with Crippen LogP contribution in [0.1, 0.15) is 44.6 Å². The smallest absolute Gasteiger partial charge is 0.344 e. The molecule has 0 bridgehead atoms. The van der Waals surface area contributed by atoms with E-state index in [4.69, 9.17) is 0 Å². The van der Waals surface area contributed by atoms with Gasteiger partial charge in [-0.2, -0.15) is 5.01 Å². The number of amides is 5. The Morgan fingerprint density at radius 2 is 1.81 bits per heavy atom. The fourth-order valence-corrected chi connectivity index (χ4v) is 3.55. The van der Waals surface area contributed by atoms with Gasteiger partial charge in [-0.3, -0.25) is 19.8 Å². The van der Waals surface area contributed by atoms with Crippen molar-refractivity contribution in [3.8, 4) is 0 Å². The highest BCUT2D eigenvalue weighted by molar-refractivity contribution is 6.08. The Hall–Kier alpha value is -2.90. The number of benzene rings is 1. The van der Waals surface area contributed by atoms with Gasteiger partial charge in [0.25, 0.3) is 11.8 Å². The summed E-state index contributed by atoms with van der Waals surface area (Å²) in [7, 11) is 0. The molecule has 2 aliphatic rings. The molecule has 0 aromatic heterocycles. The molecular weight excluding hydrogens is 348 g/mol. The van der Waals surface area contributed by atoms with E-state index in [-0.39, 0.29) is 18.4 Å². The molecule has 2 fully saturated rings. The predicted molar refractivity (Wildman–Crippen MR) is 96.9 cm³/mol. The molecule has 8 heteroatoms. The first-order valence-corrected chi connectivity index (χ1v) is 9.21. The van der Waals surface area contributed by atoms with Crippen LogP contribution in [0.4, 0.5) is 4.79 Å². The first kappa shape index (κ1) is 18.9. The molecule has 1 aliphatic carbocycles. The van der Waals surface area contributed by atoms with Gasteiger partial charge < -0.3 is 10.6 Å². The minimum absolute atomic E-state index is 0.0651. The first-order valence-electron chi connectivity index (χ1n) is 9.21. The van der Waals surface area contributed by atoms with Gasteiger partial charge in [-0.15, -0.1) is 0 Å². The number of urea groups is 1. The van der Waals surface area contributed by atoms with Gasteiger partial charge in [0.15, 0.2) is 0 Å². The zero-order chi connectivity index (χ0) is 19.4. The summed E-state index contributed by atoms with van der Waals surface area (Å²) in [5.74, 6) is -1.42. The van der Waals surface area contributed by atoms with Crippen LogP contribution in [0.25, 0.3) is 0 Å². The molecule has 3 rings (SSSR count).